The van der Waals surface area contributed by atoms with E-state index in [1.54, 1.807) is 12.3 Å². The Kier molecular flexibility index (Phi) is 6.84. The molecule has 1 amide bonds. The number of hydrogen-bond acceptors (Lipinski definition) is 6. The number of aromatic nitrogens is 1. The first kappa shape index (κ1) is 22.6. The SMILES string of the molecule is O=C(O)C(F)(F)F.O=C(c1ccoc1)N1CCC[C@]2(C[C@H](Oc3ccccn3)CO2)C1. The van der Waals surface area contributed by atoms with Gasteiger partial charge in [0.1, 0.15) is 12.4 Å². The molecule has 168 valence electrons. The molecule has 4 heterocycles. The predicted molar refractivity (Wildman–Crippen MR) is 99.5 cm³/mol. The van der Waals surface area contributed by atoms with Crippen molar-refractivity contribution in [1.29, 1.82) is 0 Å². The van der Waals surface area contributed by atoms with Crippen LogP contribution in [0.15, 0.2) is 47.4 Å². The van der Waals surface area contributed by atoms with Crippen LogP contribution in [-0.4, -0.2) is 64.4 Å². The Balaban J connectivity index is 0.000000339. The number of pyridine rings is 1. The Morgan fingerprint density at radius 1 is 1.29 bits per heavy atom. The number of nitrogens with zero attached hydrogens (tertiary/aromatic N) is 2. The van der Waals surface area contributed by atoms with Crippen LogP contribution in [-0.2, 0) is 9.53 Å². The first-order valence-corrected chi connectivity index (χ1v) is 9.52. The van der Waals surface area contributed by atoms with E-state index >= 15 is 0 Å². The quantitative estimate of drug-likeness (QED) is 0.779. The molecule has 1 spiro atoms. The van der Waals surface area contributed by atoms with E-state index in [0.29, 0.717) is 24.6 Å². The van der Waals surface area contributed by atoms with Gasteiger partial charge < -0.3 is 23.9 Å². The van der Waals surface area contributed by atoms with Crippen molar-refractivity contribution in [2.45, 2.75) is 37.1 Å². The van der Waals surface area contributed by atoms with Crippen LogP contribution < -0.4 is 4.74 Å². The zero-order chi connectivity index (χ0) is 22.5. The van der Waals surface area contributed by atoms with Gasteiger partial charge >= 0.3 is 12.1 Å². The molecule has 31 heavy (non-hydrogen) atoms. The van der Waals surface area contributed by atoms with Gasteiger partial charge in [0, 0.05) is 25.2 Å². The van der Waals surface area contributed by atoms with Crippen molar-refractivity contribution in [1.82, 2.24) is 9.88 Å². The molecule has 1 N–H and O–H groups in total. The first-order valence-electron chi connectivity index (χ1n) is 9.52. The summed E-state index contributed by atoms with van der Waals surface area (Å²) in [5.41, 5.74) is 0.281. The fourth-order valence-electron chi connectivity index (χ4n) is 3.59. The number of alkyl halides is 3. The fourth-order valence-corrected chi connectivity index (χ4v) is 3.59. The van der Waals surface area contributed by atoms with Crippen LogP contribution in [0.3, 0.4) is 0 Å². The molecule has 2 aromatic rings. The van der Waals surface area contributed by atoms with Crippen LogP contribution in [0.1, 0.15) is 29.6 Å². The van der Waals surface area contributed by atoms with Crippen LogP contribution in [0.4, 0.5) is 13.2 Å². The van der Waals surface area contributed by atoms with Crippen molar-refractivity contribution in [2.75, 3.05) is 19.7 Å². The second kappa shape index (κ2) is 9.38. The minimum Gasteiger partial charge on any atom is -0.475 e. The second-order valence-corrected chi connectivity index (χ2v) is 7.25. The third-order valence-electron chi connectivity index (χ3n) is 4.94. The summed E-state index contributed by atoms with van der Waals surface area (Å²) in [6, 6.07) is 7.31. The lowest BCUT2D eigenvalue weighted by Crippen LogP contribution is -2.50. The summed E-state index contributed by atoms with van der Waals surface area (Å²) >= 11 is 0. The average Bonchev–Trinajstić information content (AvgIpc) is 3.39. The van der Waals surface area contributed by atoms with Crippen molar-refractivity contribution < 1.29 is 41.8 Å². The van der Waals surface area contributed by atoms with E-state index in [4.69, 9.17) is 23.8 Å². The normalized spacial score (nSPS) is 23.2. The molecule has 2 saturated heterocycles. The van der Waals surface area contributed by atoms with Crippen molar-refractivity contribution in [2.24, 2.45) is 0 Å². The van der Waals surface area contributed by atoms with Crippen LogP contribution >= 0.6 is 0 Å². The molecule has 0 bridgehead atoms. The Morgan fingerprint density at radius 3 is 2.68 bits per heavy atom. The van der Waals surface area contributed by atoms with Crippen LogP contribution in [0, 0.1) is 0 Å². The summed E-state index contributed by atoms with van der Waals surface area (Å²) < 4.78 is 48.8. The molecule has 0 saturated carbocycles. The Bertz CT molecular complexity index is 875. The van der Waals surface area contributed by atoms with Gasteiger partial charge in [0.25, 0.3) is 5.91 Å². The lowest BCUT2D eigenvalue weighted by molar-refractivity contribution is -0.192. The number of carbonyl (C=O) groups is 2. The van der Waals surface area contributed by atoms with Crippen molar-refractivity contribution >= 4 is 11.9 Å². The standard InChI is InChI=1S/C18H20N2O4.C2HF3O2/c21-17(14-5-9-22-11-14)20-8-3-6-18(13-20)10-15(12-23-18)24-16-4-1-2-7-19-16;3-2(4,5)1(6)7/h1-2,4-5,7,9,11,15H,3,6,8,10,12-13H2;(H,6,7)/t15-,18-;/m0./s1. The number of carboxylic acids is 1. The molecule has 4 rings (SSSR count). The van der Waals surface area contributed by atoms with Gasteiger partial charge in [0.15, 0.2) is 0 Å². The van der Waals surface area contributed by atoms with Gasteiger partial charge in [-0.25, -0.2) is 9.78 Å². The monoisotopic (exact) mass is 442 g/mol. The molecule has 2 aromatic heterocycles. The smallest absolute Gasteiger partial charge is 0.475 e. The highest BCUT2D eigenvalue weighted by Gasteiger charge is 2.45. The van der Waals surface area contributed by atoms with Crippen LogP contribution in [0.5, 0.6) is 5.88 Å². The van der Waals surface area contributed by atoms with Gasteiger partial charge in [0.2, 0.25) is 5.88 Å². The number of ether oxygens (including phenoxy) is 2. The van der Waals surface area contributed by atoms with Gasteiger partial charge in [0.05, 0.1) is 30.6 Å². The van der Waals surface area contributed by atoms with Gasteiger partial charge in [-0.15, -0.1) is 0 Å². The van der Waals surface area contributed by atoms with Gasteiger partial charge in [-0.2, -0.15) is 13.2 Å². The predicted octanol–water partition coefficient (Wildman–Crippen LogP) is 3.15. The molecule has 0 radical (unpaired) electrons. The molecule has 0 unspecified atom stereocenters. The lowest BCUT2D eigenvalue weighted by atomic mass is 9.89. The number of amides is 1. The van der Waals surface area contributed by atoms with Gasteiger partial charge in [-0.3, -0.25) is 4.79 Å². The number of rotatable bonds is 3. The second-order valence-electron chi connectivity index (χ2n) is 7.25. The summed E-state index contributed by atoms with van der Waals surface area (Å²) in [6.07, 6.45) is 2.28. The number of carboxylic acid groups (broad SMARTS) is 1. The van der Waals surface area contributed by atoms with Gasteiger partial charge in [-0.1, -0.05) is 6.07 Å². The number of halogens is 3. The van der Waals surface area contributed by atoms with E-state index in [1.807, 2.05) is 23.1 Å². The van der Waals surface area contributed by atoms with E-state index in [9.17, 15) is 18.0 Å². The number of piperidine rings is 1. The van der Waals surface area contributed by atoms with Crippen LogP contribution in [0.2, 0.25) is 0 Å². The molecular formula is C20H21F3N2O6. The number of likely N-dealkylation sites (tertiary alicyclic amines) is 1. The maximum Gasteiger partial charge on any atom is 0.490 e. The molecule has 0 aromatic carbocycles. The summed E-state index contributed by atoms with van der Waals surface area (Å²) in [6.45, 7) is 1.88. The molecule has 11 heteroatoms. The van der Waals surface area contributed by atoms with E-state index < -0.39 is 12.1 Å². The minimum atomic E-state index is -5.08. The molecule has 2 atom stereocenters. The van der Waals surface area contributed by atoms with Crippen LogP contribution in [0.25, 0.3) is 0 Å². The number of hydrogen-bond donors (Lipinski definition) is 1. The largest absolute Gasteiger partial charge is 0.490 e. The maximum atomic E-state index is 12.5. The molecule has 2 aliphatic heterocycles. The summed E-state index contributed by atoms with van der Waals surface area (Å²) in [4.78, 5) is 27.5. The topological polar surface area (TPSA) is 102 Å². The first-order chi connectivity index (χ1) is 14.7. The summed E-state index contributed by atoms with van der Waals surface area (Å²) in [7, 11) is 0. The van der Waals surface area contributed by atoms with Crippen molar-refractivity contribution in [3.05, 3.63) is 48.6 Å². The summed E-state index contributed by atoms with van der Waals surface area (Å²) in [5.74, 6) is -2.14. The highest BCUT2D eigenvalue weighted by molar-refractivity contribution is 5.93. The highest BCUT2D eigenvalue weighted by atomic mass is 19.4. The molecule has 8 nitrogen and oxygen atoms in total. The third kappa shape index (κ3) is 5.97. The van der Waals surface area contributed by atoms with Crippen molar-refractivity contribution in [3.8, 4) is 5.88 Å². The number of carbonyl (C=O) groups excluding carboxylic acids is 1. The Labute approximate surface area is 175 Å². The van der Waals surface area contributed by atoms with E-state index in [0.717, 1.165) is 25.8 Å². The molecule has 0 aliphatic carbocycles. The molecule has 2 fully saturated rings. The number of furan rings is 1. The number of aliphatic carboxylic acids is 1. The fraction of sp³-hybridized carbons (Fsp3) is 0.450. The van der Waals surface area contributed by atoms with E-state index in [1.165, 1.54) is 12.5 Å². The highest BCUT2D eigenvalue weighted by Crippen LogP contribution is 2.36. The lowest BCUT2D eigenvalue weighted by Gasteiger charge is -2.39. The third-order valence-corrected chi connectivity index (χ3v) is 4.94. The molecule has 2 aliphatic rings. The zero-order valence-corrected chi connectivity index (χ0v) is 16.4. The Morgan fingerprint density at radius 2 is 2.06 bits per heavy atom. The summed E-state index contributed by atoms with van der Waals surface area (Å²) in [5, 5.41) is 7.12. The van der Waals surface area contributed by atoms with E-state index in [2.05, 4.69) is 4.98 Å². The Hall–Kier alpha value is -3.08. The average molecular weight is 442 g/mol. The zero-order valence-electron chi connectivity index (χ0n) is 16.4. The van der Waals surface area contributed by atoms with E-state index in [-0.39, 0.29) is 17.6 Å². The maximum absolute atomic E-state index is 12.5. The van der Waals surface area contributed by atoms with Gasteiger partial charge in [-0.05, 0) is 25.0 Å². The minimum absolute atomic E-state index is 0.000481. The molecular weight excluding hydrogens is 421 g/mol. The van der Waals surface area contributed by atoms with Crippen molar-refractivity contribution in [3.63, 3.8) is 0 Å².